The SMILES string of the molecule is COc1ccccc1OC(=O)O.OCC(O)CO. The van der Waals surface area contributed by atoms with Crippen LogP contribution >= 0.6 is 0 Å². The van der Waals surface area contributed by atoms with Gasteiger partial charge in [0, 0.05) is 0 Å². The molecule has 0 heterocycles. The number of carbonyl (C=O) groups is 1. The monoisotopic (exact) mass is 260 g/mol. The molecule has 0 radical (unpaired) electrons. The van der Waals surface area contributed by atoms with Crippen LogP contribution in [0.15, 0.2) is 24.3 Å². The standard InChI is InChI=1S/C8H8O4.C3H8O3/c1-11-6-4-2-3-5-7(6)12-8(9)10;4-1-3(6)2-5/h2-5H,1H3,(H,9,10);3-6H,1-2H2. The summed E-state index contributed by atoms with van der Waals surface area (Å²) in [6.45, 7) is -0.729. The average molecular weight is 260 g/mol. The van der Waals surface area contributed by atoms with Crippen molar-refractivity contribution in [1.82, 2.24) is 0 Å². The van der Waals surface area contributed by atoms with E-state index in [0.717, 1.165) is 0 Å². The van der Waals surface area contributed by atoms with E-state index in [1.807, 2.05) is 0 Å². The first-order valence-electron chi connectivity index (χ1n) is 4.98. The quantitative estimate of drug-likeness (QED) is 0.447. The van der Waals surface area contributed by atoms with Crippen LogP contribution in [0.5, 0.6) is 11.5 Å². The minimum absolute atomic E-state index is 0.201. The zero-order valence-corrected chi connectivity index (χ0v) is 9.81. The lowest BCUT2D eigenvalue weighted by Gasteiger charge is -2.04. The Morgan fingerprint density at radius 3 is 2.06 bits per heavy atom. The molecule has 0 atom stereocenters. The van der Waals surface area contributed by atoms with Crippen molar-refractivity contribution in [3.8, 4) is 11.5 Å². The van der Waals surface area contributed by atoms with Gasteiger partial charge in [-0.3, -0.25) is 0 Å². The summed E-state index contributed by atoms with van der Waals surface area (Å²) in [7, 11) is 1.45. The van der Waals surface area contributed by atoms with Gasteiger partial charge in [0.25, 0.3) is 0 Å². The third kappa shape index (κ3) is 6.69. The zero-order valence-electron chi connectivity index (χ0n) is 9.81. The van der Waals surface area contributed by atoms with Gasteiger partial charge in [-0.2, -0.15) is 0 Å². The van der Waals surface area contributed by atoms with E-state index in [4.69, 9.17) is 25.2 Å². The molecule has 0 saturated carbocycles. The van der Waals surface area contributed by atoms with Crippen molar-refractivity contribution in [2.75, 3.05) is 20.3 Å². The molecule has 7 heteroatoms. The number of rotatable bonds is 4. The van der Waals surface area contributed by atoms with Crippen molar-refractivity contribution >= 4 is 6.16 Å². The summed E-state index contributed by atoms with van der Waals surface area (Å²) in [5, 5.41) is 32.3. The van der Waals surface area contributed by atoms with Gasteiger partial charge in [0.05, 0.1) is 20.3 Å². The first-order chi connectivity index (χ1) is 8.54. The Labute approximate surface area is 104 Å². The van der Waals surface area contributed by atoms with Crippen molar-refractivity contribution in [2.24, 2.45) is 0 Å². The maximum Gasteiger partial charge on any atom is 0.511 e. The predicted molar refractivity (Wildman–Crippen MR) is 61.8 cm³/mol. The van der Waals surface area contributed by atoms with E-state index in [2.05, 4.69) is 4.74 Å². The zero-order chi connectivity index (χ0) is 14.0. The van der Waals surface area contributed by atoms with Crippen LogP contribution in [0.1, 0.15) is 0 Å². The van der Waals surface area contributed by atoms with Gasteiger partial charge in [0.15, 0.2) is 11.5 Å². The van der Waals surface area contributed by atoms with Crippen molar-refractivity contribution < 1.29 is 34.7 Å². The molecule has 0 aliphatic rings. The van der Waals surface area contributed by atoms with Crippen LogP contribution in [-0.2, 0) is 0 Å². The summed E-state index contributed by atoms with van der Waals surface area (Å²) in [6, 6.07) is 6.54. The van der Waals surface area contributed by atoms with Gasteiger partial charge < -0.3 is 29.9 Å². The largest absolute Gasteiger partial charge is 0.511 e. The summed E-state index contributed by atoms with van der Waals surface area (Å²) in [6.07, 6.45) is -2.30. The summed E-state index contributed by atoms with van der Waals surface area (Å²) in [5.41, 5.74) is 0. The fraction of sp³-hybridized carbons (Fsp3) is 0.364. The van der Waals surface area contributed by atoms with Crippen LogP contribution in [0.4, 0.5) is 4.79 Å². The molecule has 0 spiro atoms. The van der Waals surface area contributed by atoms with Gasteiger partial charge in [0.2, 0.25) is 0 Å². The van der Waals surface area contributed by atoms with Crippen molar-refractivity contribution in [3.05, 3.63) is 24.3 Å². The fourth-order valence-electron chi connectivity index (χ4n) is 0.855. The maximum absolute atomic E-state index is 10.2. The molecule has 1 aromatic carbocycles. The Hall–Kier alpha value is -1.83. The molecule has 1 rings (SSSR count). The van der Waals surface area contributed by atoms with Crippen molar-refractivity contribution in [3.63, 3.8) is 0 Å². The van der Waals surface area contributed by atoms with E-state index < -0.39 is 12.3 Å². The molecule has 0 amide bonds. The summed E-state index contributed by atoms with van der Waals surface area (Å²) >= 11 is 0. The molecule has 0 aliphatic heterocycles. The molecule has 1 aromatic rings. The van der Waals surface area contributed by atoms with Crippen LogP contribution in [0.2, 0.25) is 0 Å². The second-order valence-electron chi connectivity index (χ2n) is 3.04. The predicted octanol–water partition coefficient (Wildman–Crippen LogP) is 0.0839. The highest BCUT2D eigenvalue weighted by Gasteiger charge is 2.05. The third-order valence-electron chi connectivity index (χ3n) is 1.69. The van der Waals surface area contributed by atoms with Crippen LogP contribution < -0.4 is 9.47 Å². The van der Waals surface area contributed by atoms with Crippen LogP contribution in [-0.4, -0.2) is 53.0 Å². The highest BCUT2D eigenvalue weighted by atomic mass is 16.7. The lowest BCUT2D eigenvalue weighted by molar-refractivity contribution is 0.0450. The highest BCUT2D eigenvalue weighted by molar-refractivity contribution is 5.62. The second-order valence-corrected chi connectivity index (χ2v) is 3.04. The van der Waals surface area contributed by atoms with Crippen LogP contribution in [0.25, 0.3) is 0 Å². The molecule has 7 nitrogen and oxygen atoms in total. The smallest absolute Gasteiger partial charge is 0.493 e. The molecule has 4 N–H and O–H groups in total. The van der Waals surface area contributed by atoms with E-state index in [1.54, 1.807) is 18.2 Å². The summed E-state index contributed by atoms with van der Waals surface area (Å²) in [4.78, 5) is 10.2. The first kappa shape index (κ1) is 16.2. The second kappa shape index (κ2) is 9.23. The van der Waals surface area contributed by atoms with Crippen LogP contribution in [0, 0.1) is 0 Å². The minimum atomic E-state index is -1.35. The highest BCUT2D eigenvalue weighted by Crippen LogP contribution is 2.25. The lowest BCUT2D eigenvalue weighted by Crippen LogP contribution is -2.15. The van der Waals surface area contributed by atoms with Crippen LogP contribution in [0.3, 0.4) is 0 Å². The van der Waals surface area contributed by atoms with E-state index in [-0.39, 0.29) is 19.0 Å². The topological polar surface area (TPSA) is 116 Å². The van der Waals surface area contributed by atoms with Crippen molar-refractivity contribution in [1.29, 1.82) is 0 Å². The van der Waals surface area contributed by atoms with Gasteiger partial charge in [-0.05, 0) is 12.1 Å². The molecule has 18 heavy (non-hydrogen) atoms. The molecular weight excluding hydrogens is 244 g/mol. The molecule has 0 unspecified atom stereocenters. The van der Waals surface area contributed by atoms with E-state index >= 15 is 0 Å². The molecule has 0 saturated heterocycles. The molecule has 102 valence electrons. The average Bonchev–Trinajstić information content (AvgIpc) is 2.38. The van der Waals surface area contributed by atoms with Crippen molar-refractivity contribution in [2.45, 2.75) is 6.10 Å². The first-order valence-corrected chi connectivity index (χ1v) is 4.98. The molecule has 0 fully saturated rings. The minimum Gasteiger partial charge on any atom is -0.493 e. The molecule has 0 aliphatic carbocycles. The van der Waals surface area contributed by atoms with Gasteiger partial charge >= 0.3 is 6.16 Å². The molecule has 0 bridgehead atoms. The number of para-hydroxylation sites is 2. The van der Waals surface area contributed by atoms with Gasteiger partial charge in [0.1, 0.15) is 6.10 Å². The number of ether oxygens (including phenoxy) is 2. The number of methoxy groups -OCH3 is 1. The Kier molecular flexibility index (Phi) is 8.29. The Morgan fingerprint density at radius 1 is 1.22 bits per heavy atom. The fourth-order valence-corrected chi connectivity index (χ4v) is 0.855. The number of benzene rings is 1. The third-order valence-corrected chi connectivity index (χ3v) is 1.69. The Balaban J connectivity index is 0.000000411. The summed E-state index contributed by atoms with van der Waals surface area (Å²) in [5.74, 6) is 0.604. The maximum atomic E-state index is 10.2. The van der Waals surface area contributed by atoms with E-state index in [1.165, 1.54) is 13.2 Å². The molecular formula is C11H16O7. The lowest BCUT2D eigenvalue weighted by atomic mass is 10.3. The van der Waals surface area contributed by atoms with E-state index in [9.17, 15) is 4.79 Å². The molecule has 0 aromatic heterocycles. The number of carboxylic acid groups (broad SMARTS) is 1. The Bertz CT molecular complexity index is 349. The van der Waals surface area contributed by atoms with E-state index in [0.29, 0.717) is 5.75 Å². The van der Waals surface area contributed by atoms with Gasteiger partial charge in [-0.25, -0.2) is 4.79 Å². The summed E-state index contributed by atoms with van der Waals surface area (Å²) < 4.78 is 9.29. The number of hydrogen-bond donors (Lipinski definition) is 4. The van der Waals surface area contributed by atoms with Gasteiger partial charge in [-0.15, -0.1) is 0 Å². The Morgan fingerprint density at radius 2 is 1.72 bits per heavy atom. The number of aliphatic hydroxyl groups excluding tert-OH is 3. The number of hydrogen-bond acceptors (Lipinski definition) is 6. The normalized spacial score (nSPS) is 9.39. The number of aliphatic hydroxyl groups is 3. The van der Waals surface area contributed by atoms with Gasteiger partial charge in [-0.1, -0.05) is 12.1 Å².